The zero-order valence-corrected chi connectivity index (χ0v) is 28.4. The minimum Gasteiger partial charge on any atom is -0.256 e. The smallest absolute Gasteiger partial charge is 0.0795 e. The lowest BCUT2D eigenvalue weighted by Gasteiger charge is -2.20. The zero-order chi connectivity index (χ0) is 34.4. The topological polar surface area (TPSA) is 25.8 Å². The molecule has 0 saturated carbocycles. The van der Waals surface area contributed by atoms with Gasteiger partial charge in [-0.25, -0.2) is 0 Å². The van der Waals surface area contributed by atoms with E-state index in [1.807, 2.05) is 18.5 Å². The Morgan fingerprint density at radius 3 is 1.56 bits per heavy atom. The van der Waals surface area contributed by atoms with Crippen molar-refractivity contribution < 1.29 is 0 Å². The van der Waals surface area contributed by atoms with E-state index in [0.29, 0.717) is 0 Å². The van der Waals surface area contributed by atoms with Gasteiger partial charge in [0.15, 0.2) is 0 Å². The molecule has 2 heterocycles. The van der Waals surface area contributed by atoms with Crippen LogP contribution in [0.2, 0.25) is 0 Å². The molecule has 0 atom stereocenters. The van der Waals surface area contributed by atoms with Gasteiger partial charge in [-0.05, 0) is 83.6 Å². The minimum atomic E-state index is 0.952. The van der Waals surface area contributed by atoms with Gasteiger partial charge in [0.2, 0.25) is 0 Å². The van der Waals surface area contributed by atoms with Gasteiger partial charge in [-0.2, -0.15) is 0 Å². The van der Waals surface area contributed by atoms with Crippen LogP contribution in [0.5, 0.6) is 0 Å². The highest BCUT2D eigenvalue weighted by Gasteiger charge is 2.19. The minimum absolute atomic E-state index is 0.952. The highest BCUT2D eigenvalue weighted by atomic mass is 14.7. The van der Waals surface area contributed by atoms with Crippen molar-refractivity contribution in [2.75, 3.05) is 0 Å². The van der Waals surface area contributed by atoms with E-state index in [9.17, 15) is 0 Å². The zero-order valence-electron chi connectivity index (χ0n) is 28.4. The number of rotatable bonds is 5. The van der Waals surface area contributed by atoms with Crippen molar-refractivity contribution in [1.29, 1.82) is 0 Å². The fraction of sp³-hybridized carbons (Fsp3) is 0. The first-order chi connectivity index (χ1) is 25.8. The highest BCUT2D eigenvalue weighted by Crippen LogP contribution is 2.46. The summed E-state index contributed by atoms with van der Waals surface area (Å²) >= 11 is 0. The van der Waals surface area contributed by atoms with E-state index in [4.69, 9.17) is 4.98 Å². The van der Waals surface area contributed by atoms with Crippen LogP contribution in [0.3, 0.4) is 0 Å². The summed E-state index contributed by atoms with van der Waals surface area (Å²) in [6, 6.07) is 65.6. The molecule has 0 amide bonds. The third-order valence-electron chi connectivity index (χ3n) is 10.4. The van der Waals surface area contributed by atoms with E-state index in [1.165, 1.54) is 66.1 Å². The molecule has 0 aliphatic rings. The number of fused-ring (bicyclic) bond motifs is 5. The Kier molecular flexibility index (Phi) is 7.18. The van der Waals surface area contributed by atoms with Crippen LogP contribution in [0.15, 0.2) is 194 Å². The van der Waals surface area contributed by atoms with Crippen molar-refractivity contribution in [3.8, 4) is 55.8 Å². The van der Waals surface area contributed by atoms with Crippen molar-refractivity contribution in [3.63, 3.8) is 0 Å². The summed E-state index contributed by atoms with van der Waals surface area (Å²) in [7, 11) is 0. The van der Waals surface area contributed by atoms with Crippen molar-refractivity contribution in [3.05, 3.63) is 194 Å². The Balaban J connectivity index is 1.10. The summed E-state index contributed by atoms with van der Waals surface area (Å²) in [5.41, 5.74) is 12.8. The van der Waals surface area contributed by atoms with Gasteiger partial charge in [0, 0.05) is 28.7 Å². The highest BCUT2D eigenvalue weighted by molar-refractivity contribution is 6.22. The number of nitrogens with zero attached hydrogens (tertiary/aromatic N) is 2. The normalized spacial score (nSPS) is 11.5. The van der Waals surface area contributed by atoms with Crippen LogP contribution in [0.4, 0.5) is 0 Å². The molecule has 8 aromatic carbocycles. The number of hydrogen-bond donors (Lipinski definition) is 0. The molecule has 10 rings (SSSR count). The van der Waals surface area contributed by atoms with E-state index in [0.717, 1.165) is 32.9 Å². The van der Waals surface area contributed by atoms with Gasteiger partial charge < -0.3 is 0 Å². The first-order valence-electron chi connectivity index (χ1n) is 17.7. The van der Waals surface area contributed by atoms with Crippen LogP contribution in [-0.4, -0.2) is 9.97 Å². The van der Waals surface area contributed by atoms with E-state index in [2.05, 4.69) is 181 Å². The van der Waals surface area contributed by atoms with Gasteiger partial charge >= 0.3 is 0 Å². The maximum absolute atomic E-state index is 4.89. The molecule has 2 aromatic heterocycles. The fourth-order valence-corrected chi connectivity index (χ4v) is 7.88. The summed E-state index contributed by atoms with van der Waals surface area (Å²) in [6.45, 7) is 0. The number of hydrogen-bond acceptors (Lipinski definition) is 2. The van der Waals surface area contributed by atoms with Gasteiger partial charge in [0.25, 0.3) is 0 Å². The monoisotopic (exact) mass is 660 g/mol. The molecule has 0 bridgehead atoms. The molecular formula is C50H32N2. The summed E-state index contributed by atoms with van der Waals surface area (Å²) in [6.07, 6.45) is 3.81. The Hall–Kier alpha value is -6.90. The lowest BCUT2D eigenvalue weighted by Crippen LogP contribution is -1.93. The molecular weight excluding hydrogens is 629 g/mol. The first-order valence-corrected chi connectivity index (χ1v) is 17.7. The van der Waals surface area contributed by atoms with E-state index < -0.39 is 0 Å². The van der Waals surface area contributed by atoms with Gasteiger partial charge in [0.05, 0.1) is 11.2 Å². The maximum Gasteiger partial charge on any atom is 0.0795 e. The van der Waals surface area contributed by atoms with Gasteiger partial charge in [0.1, 0.15) is 0 Å². The SMILES string of the molecule is c1ccc(-c2ccc(-c3ccccc3-c3c4ccccc4c(-c4ccc(-c5cc6ccc7cccnc7c6cn5)cc4)c4ccccc34)cc2)cc1. The van der Waals surface area contributed by atoms with E-state index in [1.54, 1.807) is 0 Å². The molecule has 0 unspecified atom stereocenters. The van der Waals surface area contributed by atoms with Crippen LogP contribution < -0.4 is 0 Å². The summed E-state index contributed by atoms with van der Waals surface area (Å²) in [5.74, 6) is 0. The predicted octanol–water partition coefficient (Wildman–Crippen LogP) is 13.4. The number of pyridine rings is 2. The molecule has 10 aromatic rings. The predicted molar refractivity (Wildman–Crippen MR) is 219 cm³/mol. The molecule has 0 radical (unpaired) electrons. The first kappa shape index (κ1) is 30.0. The summed E-state index contributed by atoms with van der Waals surface area (Å²) in [4.78, 5) is 9.51. The van der Waals surface area contributed by atoms with Crippen molar-refractivity contribution in [2.24, 2.45) is 0 Å². The van der Waals surface area contributed by atoms with E-state index in [-0.39, 0.29) is 0 Å². The molecule has 0 N–H and O–H groups in total. The average Bonchev–Trinajstić information content (AvgIpc) is 3.23. The van der Waals surface area contributed by atoms with Gasteiger partial charge in [-0.3, -0.25) is 9.97 Å². The Labute approximate surface area is 302 Å². The molecule has 242 valence electrons. The fourth-order valence-electron chi connectivity index (χ4n) is 7.88. The van der Waals surface area contributed by atoms with Crippen LogP contribution in [-0.2, 0) is 0 Å². The second-order valence-electron chi connectivity index (χ2n) is 13.3. The molecule has 0 spiro atoms. The second kappa shape index (κ2) is 12.5. The van der Waals surface area contributed by atoms with Crippen LogP contribution >= 0.6 is 0 Å². The Morgan fingerprint density at radius 1 is 0.308 bits per heavy atom. The van der Waals surface area contributed by atoms with Crippen molar-refractivity contribution >= 4 is 43.2 Å². The van der Waals surface area contributed by atoms with E-state index >= 15 is 0 Å². The molecule has 0 aliphatic carbocycles. The lowest BCUT2D eigenvalue weighted by atomic mass is 9.83. The largest absolute Gasteiger partial charge is 0.256 e. The van der Waals surface area contributed by atoms with Crippen molar-refractivity contribution in [2.45, 2.75) is 0 Å². The quantitative estimate of drug-likeness (QED) is 0.136. The third kappa shape index (κ3) is 5.04. The van der Waals surface area contributed by atoms with Crippen LogP contribution in [0.25, 0.3) is 99.0 Å². The molecule has 52 heavy (non-hydrogen) atoms. The third-order valence-corrected chi connectivity index (χ3v) is 10.4. The van der Waals surface area contributed by atoms with Crippen LogP contribution in [0.1, 0.15) is 0 Å². The maximum atomic E-state index is 4.89. The molecule has 0 saturated heterocycles. The Bertz CT molecular complexity index is 2870. The summed E-state index contributed by atoms with van der Waals surface area (Å²) in [5, 5.41) is 8.29. The molecule has 2 nitrogen and oxygen atoms in total. The molecule has 0 aliphatic heterocycles. The number of aromatic nitrogens is 2. The Morgan fingerprint density at radius 2 is 0.846 bits per heavy atom. The molecule has 0 fully saturated rings. The van der Waals surface area contributed by atoms with Gasteiger partial charge in [-0.1, -0.05) is 170 Å². The summed E-state index contributed by atoms with van der Waals surface area (Å²) < 4.78 is 0. The molecule has 2 heteroatoms. The standard InChI is InChI=1S/C50H32N2/c1-2-11-33(12-3-1)34-20-22-35(23-21-34)40-14-4-5-15-41(40)49-44-18-8-6-16-42(44)48(43-17-7-9-19-45(43)49)37-26-24-36(25-27-37)47-31-39-29-28-38-13-10-30-51-50(38)46(39)32-52-47/h1-32H. The van der Waals surface area contributed by atoms with Gasteiger partial charge in [-0.15, -0.1) is 0 Å². The number of benzene rings is 8. The second-order valence-corrected chi connectivity index (χ2v) is 13.3. The lowest BCUT2D eigenvalue weighted by molar-refractivity contribution is 1.35. The van der Waals surface area contributed by atoms with Crippen LogP contribution in [0, 0.1) is 0 Å². The average molecular weight is 661 g/mol. The van der Waals surface area contributed by atoms with Crippen molar-refractivity contribution in [1.82, 2.24) is 9.97 Å².